The molecule has 2 aromatic carbocycles. The summed E-state index contributed by atoms with van der Waals surface area (Å²) in [5.41, 5.74) is 1.93. The van der Waals surface area contributed by atoms with E-state index in [2.05, 4.69) is 4.72 Å². The highest BCUT2D eigenvalue weighted by molar-refractivity contribution is 7.89. The summed E-state index contributed by atoms with van der Waals surface area (Å²) in [6, 6.07) is 17.7. The van der Waals surface area contributed by atoms with Gasteiger partial charge in [0.1, 0.15) is 5.76 Å². The van der Waals surface area contributed by atoms with Gasteiger partial charge in [0.25, 0.3) is 0 Å². The van der Waals surface area contributed by atoms with E-state index in [1.807, 2.05) is 25.1 Å². The maximum Gasteiger partial charge on any atom is 0.240 e. The summed E-state index contributed by atoms with van der Waals surface area (Å²) in [6.07, 6.45) is 1.58. The molecule has 1 aromatic heterocycles. The van der Waals surface area contributed by atoms with E-state index in [-0.39, 0.29) is 17.4 Å². The Morgan fingerprint density at radius 1 is 1.04 bits per heavy atom. The minimum Gasteiger partial charge on any atom is -0.469 e. The second-order valence-electron chi connectivity index (χ2n) is 5.78. The Kier molecular flexibility index (Phi) is 5.27. The Labute approximate surface area is 152 Å². The van der Waals surface area contributed by atoms with Crippen LogP contribution in [0.1, 0.15) is 22.8 Å². The van der Waals surface area contributed by atoms with Gasteiger partial charge in [-0.3, -0.25) is 0 Å². The van der Waals surface area contributed by atoms with Crippen molar-refractivity contribution in [1.82, 2.24) is 4.72 Å². The van der Waals surface area contributed by atoms with Crippen molar-refractivity contribution < 1.29 is 12.8 Å². The fourth-order valence-corrected chi connectivity index (χ4v) is 3.73. The monoisotopic (exact) mass is 375 g/mol. The molecule has 3 aromatic rings. The number of rotatable bonds is 6. The lowest BCUT2D eigenvalue weighted by atomic mass is 9.97. The Morgan fingerprint density at radius 2 is 1.72 bits per heavy atom. The zero-order valence-corrected chi connectivity index (χ0v) is 15.2. The van der Waals surface area contributed by atoms with E-state index in [1.165, 1.54) is 0 Å². The van der Waals surface area contributed by atoms with Crippen LogP contribution in [0.2, 0.25) is 5.02 Å². The number of furan rings is 1. The molecule has 0 saturated heterocycles. The number of sulfonamides is 1. The van der Waals surface area contributed by atoms with Crippen molar-refractivity contribution in [2.24, 2.45) is 0 Å². The molecular formula is C19H18ClNO3S. The summed E-state index contributed by atoms with van der Waals surface area (Å²) in [6.45, 7) is 2.10. The lowest BCUT2D eigenvalue weighted by Gasteiger charge is -2.16. The van der Waals surface area contributed by atoms with Gasteiger partial charge < -0.3 is 4.42 Å². The van der Waals surface area contributed by atoms with Crippen LogP contribution in [0.25, 0.3) is 0 Å². The fourth-order valence-electron chi connectivity index (χ4n) is 2.56. The zero-order valence-electron chi connectivity index (χ0n) is 13.6. The molecule has 0 aliphatic heterocycles. The summed E-state index contributed by atoms with van der Waals surface area (Å²) >= 11 is 5.95. The molecular weight excluding hydrogens is 358 g/mol. The highest BCUT2D eigenvalue weighted by Gasteiger charge is 2.21. The zero-order chi connectivity index (χ0) is 17.9. The molecule has 1 unspecified atom stereocenters. The Balaban J connectivity index is 1.83. The number of hydrogen-bond acceptors (Lipinski definition) is 3. The molecule has 3 rings (SSSR count). The lowest BCUT2D eigenvalue weighted by molar-refractivity contribution is 0.481. The van der Waals surface area contributed by atoms with Gasteiger partial charge in [-0.15, -0.1) is 0 Å². The molecule has 0 aliphatic carbocycles. The average molecular weight is 376 g/mol. The van der Waals surface area contributed by atoms with Gasteiger partial charge in [0, 0.05) is 11.6 Å². The van der Waals surface area contributed by atoms with Gasteiger partial charge in [-0.25, -0.2) is 13.1 Å². The van der Waals surface area contributed by atoms with Crippen molar-refractivity contribution in [3.05, 3.63) is 88.8 Å². The van der Waals surface area contributed by atoms with Crippen molar-refractivity contribution in [2.75, 3.05) is 6.54 Å². The molecule has 0 radical (unpaired) electrons. The topological polar surface area (TPSA) is 59.3 Å². The van der Waals surface area contributed by atoms with Gasteiger partial charge >= 0.3 is 0 Å². The van der Waals surface area contributed by atoms with E-state index < -0.39 is 10.0 Å². The first kappa shape index (κ1) is 17.7. The third-order valence-corrected chi connectivity index (χ3v) is 5.66. The molecule has 25 heavy (non-hydrogen) atoms. The van der Waals surface area contributed by atoms with Crippen LogP contribution in [-0.2, 0) is 10.0 Å². The molecule has 6 heteroatoms. The Morgan fingerprint density at radius 3 is 2.32 bits per heavy atom. The number of halogens is 1. The molecule has 0 bridgehead atoms. The number of hydrogen-bond donors (Lipinski definition) is 1. The normalized spacial score (nSPS) is 12.9. The second kappa shape index (κ2) is 7.44. The second-order valence-corrected chi connectivity index (χ2v) is 7.99. The highest BCUT2D eigenvalue weighted by Crippen LogP contribution is 2.26. The first-order chi connectivity index (χ1) is 12.0. The molecule has 0 spiro atoms. The van der Waals surface area contributed by atoms with E-state index >= 15 is 0 Å². The number of benzene rings is 2. The van der Waals surface area contributed by atoms with Gasteiger partial charge in [0.15, 0.2) is 0 Å². The van der Waals surface area contributed by atoms with Crippen LogP contribution in [0.15, 0.2) is 76.2 Å². The standard InChI is InChI=1S/C19H18ClNO3S/c1-14-4-10-17(11-5-14)25(22,23)21-13-18(19-3-2-12-24-19)15-6-8-16(20)9-7-15/h2-12,18,21H,13H2,1H3. The summed E-state index contributed by atoms with van der Waals surface area (Å²) in [7, 11) is -3.60. The van der Waals surface area contributed by atoms with Crippen LogP contribution < -0.4 is 4.72 Å². The quantitative estimate of drug-likeness (QED) is 0.696. The maximum absolute atomic E-state index is 12.5. The minimum atomic E-state index is -3.60. The van der Waals surface area contributed by atoms with Gasteiger partial charge in [-0.1, -0.05) is 41.4 Å². The fraction of sp³-hybridized carbons (Fsp3) is 0.158. The first-order valence-electron chi connectivity index (χ1n) is 7.81. The molecule has 130 valence electrons. The predicted molar refractivity (Wildman–Crippen MR) is 98.4 cm³/mol. The van der Waals surface area contributed by atoms with Crippen LogP contribution in [-0.4, -0.2) is 15.0 Å². The summed E-state index contributed by atoms with van der Waals surface area (Å²) in [5.74, 6) is 0.446. The summed E-state index contributed by atoms with van der Waals surface area (Å²) in [5, 5.41) is 0.627. The molecule has 0 aliphatic rings. The number of aryl methyl sites for hydroxylation is 1. The maximum atomic E-state index is 12.5. The summed E-state index contributed by atoms with van der Waals surface area (Å²) < 4.78 is 33.3. The molecule has 0 fully saturated rings. The van der Waals surface area contributed by atoms with Gasteiger partial charge in [0.2, 0.25) is 10.0 Å². The van der Waals surface area contributed by atoms with Crippen molar-refractivity contribution in [3.8, 4) is 0 Å². The largest absolute Gasteiger partial charge is 0.469 e. The third kappa shape index (κ3) is 4.31. The SMILES string of the molecule is Cc1ccc(S(=O)(=O)NCC(c2ccc(Cl)cc2)c2ccco2)cc1. The van der Waals surface area contributed by atoms with Gasteiger partial charge in [0.05, 0.1) is 17.1 Å². The average Bonchev–Trinajstić information content (AvgIpc) is 3.11. The van der Waals surface area contributed by atoms with Crippen molar-refractivity contribution in [1.29, 1.82) is 0 Å². The van der Waals surface area contributed by atoms with Gasteiger partial charge in [-0.05, 0) is 48.9 Å². The van der Waals surface area contributed by atoms with Crippen molar-refractivity contribution in [2.45, 2.75) is 17.7 Å². The molecule has 1 atom stereocenters. The molecule has 0 amide bonds. The third-order valence-electron chi connectivity index (χ3n) is 3.97. The van der Waals surface area contributed by atoms with E-state index in [0.29, 0.717) is 10.8 Å². The molecule has 0 saturated carbocycles. The minimum absolute atomic E-state index is 0.186. The molecule has 4 nitrogen and oxygen atoms in total. The van der Waals surface area contributed by atoms with Gasteiger partial charge in [-0.2, -0.15) is 0 Å². The van der Waals surface area contributed by atoms with Crippen LogP contribution in [0.4, 0.5) is 0 Å². The number of nitrogens with one attached hydrogen (secondary N) is 1. The van der Waals surface area contributed by atoms with Crippen LogP contribution in [0.5, 0.6) is 0 Å². The highest BCUT2D eigenvalue weighted by atomic mass is 35.5. The predicted octanol–water partition coefficient (Wildman–Crippen LogP) is 4.35. The molecule has 1 heterocycles. The van der Waals surface area contributed by atoms with E-state index in [0.717, 1.165) is 11.1 Å². The van der Waals surface area contributed by atoms with Crippen LogP contribution >= 0.6 is 11.6 Å². The van der Waals surface area contributed by atoms with E-state index in [1.54, 1.807) is 48.7 Å². The summed E-state index contributed by atoms with van der Waals surface area (Å²) in [4.78, 5) is 0.243. The van der Waals surface area contributed by atoms with Crippen LogP contribution in [0.3, 0.4) is 0 Å². The van der Waals surface area contributed by atoms with E-state index in [9.17, 15) is 8.42 Å². The Bertz CT molecular complexity index is 918. The first-order valence-corrected chi connectivity index (χ1v) is 9.67. The lowest BCUT2D eigenvalue weighted by Crippen LogP contribution is -2.29. The Hall–Kier alpha value is -2.08. The molecule has 1 N–H and O–H groups in total. The smallest absolute Gasteiger partial charge is 0.240 e. The van der Waals surface area contributed by atoms with Crippen LogP contribution in [0, 0.1) is 6.92 Å². The van der Waals surface area contributed by atoms with E-state index in [4.69, 9.17) is 16.0 Å². The van der Waals surface area contributed by atoms with Crippen molar-refractivity contribution >= 4 is 21.6 Å². The van der Waals surface area contributed by atoms with Crippen molar-refractivity contribution in [3.63, 3.8) is 0 Å².